The number of aryl methyl sites for hydroxylation is 1. The molecule has 132 valence electrons. The third-order valence-electron chi connectivity index (χ3n) is 3.65. The van der Waals surface area contributed by atoms with E-state index in [-0.39, 0.29) is 11.6 Å². The van der Waals surface area contributed by atoms with Crippen LogP contribution in [0.1, 0.15) is 23.0 Å². The number of hydrogen-bond acceptors (Lipinski definition) is 5. The van der Waals surface area contributed by atoms with Gasteiger partial charge in [0.15, 0.2) is 0 Å². The lowest BCUT2D eigenvalue weighted by Crippen LogP contribution is -2.14. The topological polar surface area (TPSA) is 76.1 Å². The lowest BCUT2D eigenvalue weighted by Gasteiger charge is -2.09. The fourth-order valence-corrected chi connectivity index (χ4v) is 2.33. The Bertz CT molecular complexity index is 877. The van der Waals surface area contributed by atoms with Crippen LogP contribution in [0.5, 0.6) is 5.75 Å². The standard InChI is InChI=1S/C20H20N4O2/c1-3-26-17-10-8-15(9-11-17)23-19-12-18(21-13-22-19)20(25)24-16-6-4-14(2)5-7-16/h4-13H,3H2,1-2H3,(H,24,25)(H,21,22,23). The summed E-state index contributed by atoms with van der Waals surface area (Å²) in [7, 11) is 0. The van der Waals surface area contributed by atoms with Gasteiger partial charge in [0.2, 0.25) is 0 Å². The average molecular weight is 348 g/mol. The van der Waals surface area contributed by atoms with E-state index in [9.17, 15) is 4.79 Å². The highest BCUT2D eigenvalue weighted by molar-refractivity contribution is 6.03. The maximum Gasteiger partial charge on any atom is 0.274 e. The van der Waals surface area contributed by atoms with Gasteiger partial charge in [-0.2, -0.15) is 0 Å². The molecule has 0 saturated carbocycles. The molecule has 0 atom stereocenters. The van der Waals surface area contributed by atoms with E-state index in [1.54, 1.807) is 6.07 Å². The van der Waals surface area contributed by atoms with E-state index in [1.165, 1.54) is 6.33 Å². The van der Waals surface area contributed by atoms with Crippen molar-refractivity contribution in [1.29, 1.82) is 0 Å². The van der Waals surface area contributed by atoms with Gasteiger partial charge in [0, 0.05) is 17.4 Å². The van der Waals surface area contributed by atoms with Crippen LogP contribution in [0.2, 0.25) is 0 Å². The SMILES string of the molecule is CCOc1ccc(Nc2cc(C(=O)Nc3ccc(C)cc3)ncn2)cc1. The number of carbonyl (C=O) groups is 1. The monoisotopic (exact) mass is 348 g/mol. The summed E-state index contributed by atoms with van der Waals surface area (Å²) in [6.07, 6.45) is 1.36. The minimum Gasteiger partial charge on any atom is -0.494 e. The van der Waals surface area contributed by atoms with Crippen LogP contribution in [0.4, 0.5) is 17.2 Å². The van der Waals surface area contributed by atoms with Crippen molar-refractivity contribution in [2.75, 3.05) is 17.2 Å². The summed E-state index contributed by atoms with van der Waals surface area (Å²) >= 11 is 0. The molecule has 3 rings (SSSR count). The van der Waals surface area contributed by atoms with Gasteiger partial charge in [-0.15, -0.1) is 0 Å². The van der Waals surface area contributed by atoms with Gasteiger partial charge >= 0.3 is 0 Å². The molecule has 1 aromatic heterocycles. The first-order valence-electron chi connectivity index (χ1n) is 8.34. The van der Waals surface area contributed by atoms with E-state index in [1.807, 2.05) is 62.4 Å². The number of nitrogens with one attached hydrogen (secondary N) is 2. The van der Waals surface area contributed by atoms with Crippen molar-refractivity contribution >= 4 is 23.1 Å². The van der Waals surface area contributed by atoms with E-state index in [2.05, 4.69) is 20.6 Å². The number of ether oxygens (including phenoxy) is 1. The van der Waals surface area contributed by atoms with Crippen molar-refractivity contribution in [3.05, 3.63) is 72.2 Å². The summed E-state index contributed by atoms with van der Waals surface area (Å²) < 4.78 is 5.42. The van der Waals surface area contributed by atoms with Gasteiger partial charge in [-0.25, -0.2) is 9.97 Å². The van der Waals surface area contributed by atoms with Gasteiger partial charge < -0.3 is 15.4 Å². The Morgan fingerprint density at radius 3 is 2.38 bits per heavy atom. The lowest BCUT2D eigenvalue weighted by molar-refractivity contribution is 0.102. The van der Waals surface area contributed by atoms with Crippen molar-refractivity contribution in [3.63, 3.8) is 0 Å². The number of carbonyl (C=O) groups excluding carboxylic acids is 1. The normalized spacial score (nSPS) is 10.2. The minimum absolute atomic E-state index is 0.286. The lowest BCUT2D eigenvalue weighted by atomic mass is 10.2. The van der Waals surface area contributed by atoms with Crippen LogP contribution in [0.15, 0.2) is 60.9 Å². The molecule has 0 unspecified atom stereocenters. The van der Waals surface area contributed by atoms with Crippen molar-refractivity contribution in [3.8, 4) is 5.75 Å². The molecule has 0 bridgehead atoms. The zero-order valence-electron chi connectivity index (χ0n) is 14.7. The second-order valence-corrected chi connectivity index (χ2v) is 5.69. The molecule has 0 aliphatic heterocycles. The van der Waals surface area contributed by atoms with Gasteiger partial charge in [-0.1, -0.05) is 17.7 Å². The molecule has 2 aromatic carbocycles. The molecular formula is C20H20N4O2. The molecule has 3 aromatic rings. The first kappa shape index (κ1) is 17.4. The Balaban J connectivity index is 1.69. The Morgan fingerprint density at radius 2 is 1.69 bits per heavy atom. The fourth-order valence-electron chi connectivity index (χ4n) is 2.33. The van der Waals surface area contributed by atoms with Crippen LogP contribution in [0, 0.1) is 6.92 Å². The summed E-state index contributed by atoms with van der Waals surface area (Å²) in [5.41, 5.74) is 2.98. The van der Waals surface area contributed by atoms with E-state index in [0.717, 1.165) is 22.7 Å². The predicted molar refractivity (Wildman–Crippen MR) is 102 cm³/mol. The first-order valence-corrected chi connectivity index (χ1v) is 8.34. The fraction of sp³-hybridized carbons (Fsp3) is 0.150. The second-order valence-electron chi connectivity index (χ2n) is 5.69. The molecule has 0 aliphatic rings. The number of benzene rings is 2. The zero-order chi connectivity index (χ0) is 18.4. The van der Waals surface area contributed by atoms with E-state index in [0.29, 0.717) is 12.4 Å². The van der Waals surface area contributed by atoms with Crippen molar-refractivity contribution in [1.82, 2.24) is 9.97 Å². The maximum absolute atomic E-state index is 12.4. The zero-order valence-corrected chi connectivity index (χ0v) is 14.7. The Labute approximate surface area is 152 Å². The molecule has 2 N–H and O–H groups in total. The highest BCUT2D eigenvalue weighted by Crippen LogP contribution is 2.19. The summed E-state index contributed by atoms with van der Waals surface area (Å²) in [5, 5.41) is 5.98. The molecule has 0 fully saturated rings. The highest BCUT2D eigenvalue weighted by Gasteiger charge is 2.09. The molecule has 0 aliphatic carbocycles. The predicted octanol–water partition coefficient (Wildman–Crippen LogP) is 4.18. The molecule has 26 heavy (non-hydrogen) atoms. The summed E-state index contributed by atoms with van der Waals surface area (Å²) in [5.74, 6) is 1.06. The number of nitrogens with zero attached hydrogens (tertiary/aromatic N) is 2. The summed E-state index contributed by atoms with van der Waals surface area (Å²) in [6.45, 7) is 4.56. The van der Waals surface area contributed by atoms with Crippen LogP contribution < -0.4 is 15.4 Å². The highest BCUT2D eigenvalue weighted by atomic mass is 16.5. The van der Waals surface area contributed by atoms with E-state index < -0.39 is 0 Å². The third kappa shape index (κ3) is 4.57. The van der Waals surface area contributed by atoms with Crippen LogP contribution in [-0.2, 0) is 0 Å². The average Bonchev–Trinajstić information content (AvgIpc) is 2.66. The van der Waals surface area contributed by atoms with Crippen LogP contribution in [0.25, 0.3) is 0 Å². The van der Waals surface area contributed by atoms with Crippen LogP contribution in [-0.4, -0.2) is 22.5 Å². The summed E-state index contributed by atoms with van der Waals surface area (Å²) in [4.78, 5) is 20.6. The Morgan fingerprint density at radius 1 is 1.00 bits per heavy atom. The van der Waals surface area contributed by atoms with Crippen molar-refractivity contribution < 1.29 is 9.53 Å². The van der Waals surface area contributed by atoms with Crippen LogP contribution in [0.3, 0.4) is 0 Å². The Kier molecular flexibility index (Phi) is 5.43. The smallest absolute Gasteiger partial charge is 0.274 e. The minimum atomic E-state index is -0.286. The molecule has 1 amide bonds. The van der Waals surface area contributed by atoms with Crippen molar-refractivity contribution in [2.45, 2.75) is 13.8 Å². The second kappa shape index (κ2) is 8.11. The largest absolute Gasteiger partial charge is 0.494 e. The molecular weight excluding hydrogens is 328 g/mol. The van der Waals surface area contributed by atoms with Gasteiger partial charge in [0.1, 0.15) is 23.6 Å². The van der Waals surface area contributed by atoms with Gasteiger partial charge in [0.05, 0.1) is 6.61 Å². The number of rotatable bonds is 6. The van der Waals surface area contributed by atoms with Crippen molar-refractivity contribution in [2.24, 2.45) is 0 Å². The van der Waals surface area contributed by atoms with Gasteiger partial charge in [-0.05, 0) is 50.2 Å². The quantitative estimate of drug-likeness (QED) is 0.699. The number of hydrogen-bond donors (Lipinski definition) is 2. The number of amides is 1. The molecule has 1 heterocycles. The first-order chi connectivity index (χ1) is 12.6. The molecule has 6 heteroatoms. The molecule has 6 nitrogen and oxygen atoms in total. The van der Waals surface area contributed by atoms with Crippen LogP contribution >= 0.6 is 0 Å². The third-order valence-corrected chi connectivity index (χ3v) is 3.65. The van der Waals surface area contributed by atoms with E-state index >= 15 is 0 Å². The number of aromatic nitrogens is 2. The van der Waals surface area contributed by atoms with Gasteiger partial charge in [-0.3, -0.25) is 4.79 Å². The van der Waals surface area contributed by atoms with E-state index in [4.69, 9.17) is 4.74 Å². The number of anilines is 3. The molecule has 0 saturated heterocycles. The molecule has 0 spiro atoms. The summed E-state index contributed by atoms with van der Waals surface area (Å²) in [6, 6.07) is 16.7. The maximum atomic E-state index is 12.4. The molecule has 0 radical (unpaired) electrons. The van der Waals surface area contributed by atoms with Gasteiger partial charge in [0.25, 0.3) is 5.91 Å². The Hall–Kier alpha value is -3.41.